The van der Waals surface area contributed by atoms with Crippen LogP contribution in [-0.4, -0.2) is 36.1 Å². The Morgan fingerprint density at radius 2 is 2.00 bits per heavy atom. The SMILES string of the molecule is c1ccc2sc(OCCCN3CCCCC3)nc2c1. The molecule has 0 amide bonds. The average molecular weight is 276 g/mol. The molecule has 0 N–H and O–H groups in total. The van der Waals surface area contributed by atoms with Crippen molar-refractivity contribution in [3.63, 3.8) is 0 Å². The first-order chi connectivity index (χ1) is 9.42. The second kappa shape index (κ2) is 6.35. The minimum atomic E-state index is 0.774. The zero-order valence-corrected chi connectivity index (χ0v) is 12.0. The topological polar surface area (TPSA) is 25.4 Å². The van der Waals surface area contributed by atoms with Crippen LogP contribution in [0.25, 0.3) is 10.2 Å². The fourth-order valence-electron chi connectivity index (χ4n) is 2.54. The summed E-state index contributed by atoms with van der Waals surface area (Å²) in [7, 11) is 0. The van der Waals surface area contributed by atoms with E-state index >= 15 is 0 Å². The third kappa shape index (κ3) is 3.45. The van der Waals surface area contributed by atoms with Gasteiger partial charge < -0.3 is 9.64 Å². The van der Waals surface area contributed by atoms with Crippen LogP contribution in [0, 0.1) is 0 Å². The molecule has 0 saturated carbocycles. The van der Waals surface area contributed by atoms with E-state index in [9.17, 15) is 0 Å². The van der Waals surface area contributed by atoms with Crippen molar-refractivity contribution in [2.24, 2.45) is 0 Å². The number of piperidine rings is 1. The monoisotopic (exact) mass is 276 g/mol. The third-order valence-corrected chi connectivity index (χ3v) is 4.52. The summed E-state index contributed by atoms with van der Waals surface area (Å²) in [4.78, 5) is 7.03. The standard InChI is InChI=1S/C15H20N2OS/c1-4-9-17(10-5-1)11-6-12-18-15-16-13-7-2-3-8-14(13)19-15/h2-3,7-8H,1,4-6,9-12H2. The Bertz CT molecular complexity index is 487. The average Bonchev–Trinajstić information content (AvgIpc) is 2.87. The number of ether oxygens (including phenoxy) is 1. The number of para-hydroxylation sites is 1. The van der Waals surface area contributed by atoms with Crippen molar-refractivity contribution in [3.8, 4) is 5.19 Å². The number of likely N-dealkylation sites (tertiary alicyclic amines) is 1. The predicted molar refractivity (Wildman–Crippen MR) is 80.0 cm³/mol. The Morgan fingerprint density at radius 1 is 1.16 bits per heavy atom. The lowest BCUT2D eigenvalue weighted by molar-refractivity contribution is 0.205. The molecule has 3 rings (SSSR count). The molecule has 0 spiro atoms. The van der Waals surface area contributed by atoms with Gasteiger partial charge in [0.2, 0.25) is 0 Å². The van der Waals surface area contributed by atoms with Crippen LogP contribution in [0.15, 0.2) is 24.3 Å². The van der Waals surface area contributed by atoms with Gasteiger partial charge in [-0.3, -0.25) is 0 Å². The number of rotatable bonds is 5. The second-order valence-corrected chi connectivity index (χ2v) is 6.05. The largest absolute Gasteiger partial charge is 0.470 e. The maximum Gasteiger partial charge on any atom is 0.274 e. The molecule has 0 radical (unpaired) electrons. The van der Waals surface area contributed by atoms with Gasteiger partial charge in [-0.1, -0.05) is 29.9 Å². The molecule has 2 heterocycles. The van der Waals surface area contributed by atoms with E-state index in [1.54, 1.807) is 11.3 Å². The molecule has 1 aromatic carbocycles. The molecular formula is C15H20N2OS. The van der Waals surface area contributed by atoms with Crippen molar-refractivity contribution in [2.45, 2.75) is 25.7 Å². The van der Waals surface area contributed by atoms with E-state index in [1.807, 2.05) is 18.2 Å². The Morgan fingerprint density at radius 3 is 2.84 bits per heavy atom. The van der Waals surface area contributed by atoms with Gasteiger partial charge in [-0.05, 0) is 44.5 Å². The molecule has 0 bridgehead atoms. The first-order valence-electron chi connectivity index (χ1n) is 7.12. The van der Waals surface area contributed by atoms with Gasteiger partial charge in [-0.15, -0.1) is 0 Å². The summed E-state index contributed by atoms with van der Waals surface area (Å²) >= 11 is 1.64. The van der Waals surface area contributed by atoms with Gasteiger partial charge in [0, 0.05) is 6.54 Å². The lowest BCUT2D eigenvalue weighted by atomic mass is 10.1. The smallest absolute Gasteiger partial charge is 0.274 e. The van der Waals surface area contributed by atoms with Crippen molar-refractivity contribution < 1.29 is 4.74 Å². The van der Waals surface area contributed by atoms with Crippen LogP contribution in [0.1, 0.15) is 25.7 Å². The second-order valence-electron chi connectivity index (χ2n) is 5.05. The van der Waals surface area contributed by atoms with E-state index in [-0.39, 0.29) is 0 Å². The summed E-state index contributed by atoms with van der Waals surface area (Å²) in [6.45, 7) is 4.46. The number of benzene rings is 1. The van der Waals surface area contributed by atoms with Gasteiger partial charge in [-0.2, -0.15) is 0 Å². The fraction of sp³-hybridized carbons (Fsp3) is 0.533. The number of fused-ring (bicyclic) bond motifs is 1. The number of nitrogens with zero attached hydrogens (tertiary/aromatic N) is 2. The van der Waals surface area contributed by atoms with Crippen molar-refractivity contribution in [2.75, 3.05) is 26.2 Å². The first kappa shape index (κ1) is 12.9. The normalized spacial score (nSPS) is 16.8. The van der Waals surface area contributed by atoms with E-state index in [0.717, 1.165) is 30.3 Å². The number of hydrogen-bond donors (Lipinski definition) is 0. The van der Waals surface area contributed by atoms with E-state index in [2.05, 4.69) is 16.0 Å². The third-order valence-electron chi connectivity index (χ3n) is 3.57. The van der Waals surface area contributed by atoms with Gasteiger partial charge in [0.15, 0.2) is 0 Å². The lowest BCUT2D eigenvalue weighted by Gasteiger charge is -2.26. The fourth-order valence-corrected chi connectivity index (χ4v) is 3.38. The zero-order chi connectivity index (χ0) is 12.9. The highest BCUT2D eigenvalue weighted by molar-refractivity contribution is 7.20. The summed E-state index contributed by atoms with van der Waals surface area (Å²) in [6.07, 6.45) is 5.21. The van der Waals surface area contributed by atoms with Gasteiger partial charge in [-0.25, -0.2) is 4.98 Å². The maximum absolute atomic E-state index is 5.76. The molecule has 102 valence electrons. The Labute approximate surface area is 118 Å². The van der Waals surface area contributed by atoms with Crippen LogP contribution < -0.4 is 4.74 Å². The van der Waals surface area contributed by atoms with Gasteiger partial charge in [0.25, 0.3) is 5.19 Å². The van der Waals surface area contributed by atoms with Gasteiger partial charge in [0.05, 0.1) is 16.8 Å². The predicted octanol–water partition coefficient (Wildman–Crippen LogP) is 3.55. The molecule has 1 saturated heterocycles. The molecule has 1 aliphatic heterocycles. The number of aromatic nitrogens is 1. The van der Waals surface area contributed by atoms with Crippen LogP contribution >= 0.6 is 11.3 Å². The summed E-state index contributed by atoms with van der Waals surface area (Å²) < 4.78 is 6.97. The first-order valence-corrected chi connectivity index (χ1v) is 7.94. The Hall–Kier alpha value is -1.13. The Balaban J connectivity index is 1.44. The molecule has 19 heavy (non-hydrogen) atoms. The van der Waals surface area contributed by atoms with Crippen LogP contribution in [0.2, 0.25) is 0 Å². The minimum absolute atomic E-state index is 0.774. The van der Waals surface area contributed by atoms with Crippen molar-refractivity contribution in [1.29, 1.82) is 0 Å². The minimum Gasteiger partial charge on any atom is -0.470 e. The van der Waals surface area contributed by atoms with Gasteiger partial charge >= 0.3 is 0 Å². The van der Waals surface area contributed by atoms with Crippen molar-refractivity contribution >= 4 is 21.6 Å². The number of thiazole rings is 1. The molecule has 3 nitrogen and oxygen atoms in total. The summed E-state index contributed by atoms with van der Waals surface area (Å²) in [5, 5.41) is 0.805. The van der Waals surface area contributed by atoms with E-state index in [4.69, 9.17) is 4.74 Å². The highest BCUT2D eigenvalue weighted by atomic mass is 32.1. The van der Waals surface area contributed by atoms with Crippen LogP contribution in [0.5, 0.6) is 5.19 Å². The molecule has 0 unspecified atom stereocenters. The summed E-state index contributed by atoms with van der Waals surface area (Å²) in [5.74, 6) is 0. The van der Waals surface area contributed by atoms with Crippen molar-refractivity contribution in [3.05, 3.63) is 24.3 Å². The molecule has 1 fully saturated rings. The van der Waals surface area contributed by atoms with E-state index in [0.29, 0.717) is 0 Å². The summed E-state index contributed by atoms with van der Waals surface area (Å²) in [6, 6.07) is 8.18. The van der Waals surface area contributed by atoms with Crippen LogP contribution in [0.4, 0.5) is 0 Å². The highest BCUT2D eigenvalue weighted by Gasteiger charge is 2.09. The zero-order valence-electron chi connectivity index (χ0n) is 11.2. The maximum atomic E-state index is 5.76. The van der Waals surface area contributed by atoms with Crippen LogP contribution in [0.3, 0.4) is 0 Å². The molecule has 0 aliphatic carbocycles. The highest BCUT2D eigenvalue weighted by Crippen LogP contribution is 2.27. The molecular weight excluding hydrogens is 256 g/mol. The molecule has 4 heteroatoms. The Kier molecular flexibility index (Phi) is 4.30. The molecule has 1 aromatic heterocycles. The molecule has 0 atom stereocenters. The quantitative estimate of drug-likeness (QED) is 0.781. The van der Waals surface area contributed by atoms with E-state index in [1.165, 1.54) is 37.1 Å². The molecule has 2 aromatic rings. The summed E-state index contributed by atoms with van der Waals surface area (Å²) in [5.41, 5.74) is 1.04. The van der Waals surface area contributed by atoms with E-state index < -0.39 is 0 Å². The molecule has 1 aliphatic rings. The van der Waals surface area contributed by atoms with Crippen molar-refractivity contribution in [1.82, 2.24) is 9.88 Å². The number of hydrogen-bond acceptors (Lipinski definition) is 4. The van der Waals surface area contributed by atoms with Crippen LogP contribution in [-0.2, 0) is 0 Å². The lowest BCUT2D eigenvalue weighted by Crippen LogP contribution is -2.31. The van der Waals surface area contributed by atoms with Gasteiger partial charge in [0.1, 0.15) is 0 Å².